The third-order valence-corrected chi connectivity index (χ3v) is 5.02. The van der Waals surface area contributed by atoms with Gasteiger partial charge in [0.2, 0.25) is 0 Å². The monoisotopic (exact) mass is 405 g/mol. The van der Waals surface area contributed by atoms with E-state index in [0.717, 1.165) is 10.1 Å². The van der Waals surface area contributed by atoms with Crippen molar-refractivity contribution in [1.82, 2.24) is 20.0 Å². The molecule has 0 saturated carbocycles. The van der Waals surface area contributed by atoms with Crippen LogP contribution in [0, 0.1) is 0 Å². The standard InChI is InChI=1S/C15H15N7O3S2/c1-3-26-15-20-19-13(27-15)18-17-10-11(16-14(24)25-2)21-22(12(10)23)9-7-5-4-6-8-9/h4-8,21H,3H2,1-2H3,(H,16,24). The zero-order valence-corrected chi connectivity index (χ0v) is 16.0. The van der Waals surface area contributed by atoms with Gasteiger partial charge in [0.1, 0.15) is 0 Å². The molecule has 0 saturated heterocycles. The van der Waals surface area contributed by atoms with Gasteiger partial charge in [0.15, 0.2) is 15.8 Å². The van der Waals surface area contributed by atoms with Gasteiger partial charge in [-0.05, 0) is 17.9 Å². The lowest BCUT2D eigenvalue weighted by atomic mass is 10.3. The van der Waals surface area contributed by atoms with Crippen LogP contribution in [0.3, 0.4) is 0 Å². The molecule has 0 aliphatic carbocycles. The lowest BCUT2D eigenvalue weighted by molar-refractivity contribution is 0.187. The van der Waals surface area contributed by atoms with E-state index in [1.165, 1.54) is 34.9 Å². The molecular weight excluding hydrogens is 390 g/mol. The van der Waals surface area contributed by atoms with E-state index in [1.54, 1.807) is 24.3 Å². The largest absolute Gasteiger partial charge is 0.453 e. The Bertz CT molecular complexity index is 1010. The third kappa shape index (κ3) is 4.41. The number of para-hydroxylation sites is 1. The number of thioether (sulfide) groups is 1. The zero-order valence-electron chi connectivity index (χ0n) is 14.4. The van der Waals surface area contributed by atoms with E-state index in [-0.39, 0.29) is 11.5 Å². The smallest absolute Gasteiger partial charge is 0.412 e. The molecule has 10 nitrogen and oxygen atoms in total. The Morgan fingerprint density at radius 3 is 2.81 bits per heavy atom. The molecule has 0 fully saturated rings. The van der Waals surface area contributed by atoms with Gasteiger partial charge in [-0.15, -0.1) is 20.4 Å². The van der Waals surface area contributed by atoms with Gasteiger partial charge in [0.25, 0.3) is 5.13 Å². The van der Waals surface area contributed by atoms with Crippen LogP contribution in [-0.2, 0) is 4.74 Å². The number of rotatable bonds is 6. The number of nitrogens with zero attached hydrogens (tertiary/aromatic N) is 5. The minimum atomic E-state index is -0.745. The number of hydrogen-bond acceptors (Lipinski definition) is 9. The fourth-order valence-electron chi connectivity index (χ4n) is 2.04. The molecule has 2 aromatic heterocycles. The van der Waals surface area contributed by atoms with E-state index in [1.807, 2.05) is 13.0 Å². The zero-order chi connectivity index (χ0) is 19.2. The molecule has 0 radical (unpaired) electrons. The maximum absolute atomic E-state index is 12.7. The second kappa shape index (κ2) is 8.60. The van der Waals surface area contributed by atoms with Crippen molar-refractivity contribution in [3.63, 3.8) is 0 Å². The maximum atomic E-state index is 12.7. The van der Waals surface area contributed by atoms with E-state index >= 15 is 0 Å². The van der Waals surface area contributed by atoms with E-state index < -0.39 is 11.7 Å². The number of methoxy groups -OCH3 is 1. The van der Waals surface area contributed by atoms with E-state index in [4.69, 9.17) is 0 Å². The van der Waals surface area contributed by atoms with Crippen LogP contribution < -0.4 is 10.9 Å². The number of ether oxygens (including phenoxy) is 1. The topological polar surface area (TPSA) is 127 Å². The number of azo groups is 1. The Kier molecular flexibility index (Phi) is 5.98. The molecule has 27 heavy (non-hydrogen) atoms. The highest BCUT2D eigenvalue weighted by molar-refractivity contribution is 8.01. The maximum Gasteiger partial charge on any atom is 0.412 e. The molecule has 0 bridgehead atoms. The minimum absolute atomic E-state index is 0.0622. The Morgan fingerprint density at radius 1 is 1.33 bits per heavy atom. The molecule has 2 N–H and O–H groups in total. The van der Waals surface area contributed by atoms with Gasteiger partial charge in [-0.25, -0.2) is 9.48 Å². The van der Waals surface area contributed by atoms with Crippen LogP contribution in [0.2, 0.25) is 0 Å². The number of aromatic nitrogens is 4. The molecule has 1 aromatic carbocycles. The van der Waals surface area contributed by atoms with Gasteiger partial charge in [0.05, 0.1) is 12.8 Å². The molecule has 140 valence electrons. The molecule has 12 heteroatoms. The predicted molar refractivity (Wildman–Crippen MR) is 103 cm³/mol. The molecule has 0 aliphatic rings. The summed E-state index contributed by atoms with van der Waals surface area (Å²) in [7, 11) is 1.22. The fourth-order valence-corrected chi connectivity index (χ4v) is 3.60. The summed E-state index contributed by atoms with van der Waals surface area (Å²) in [5, 5.41) is 21.4. The SMILES string of the molecule is CCSc1nnc(N=Nc2c(NC(=O)OC)[nH]n(-c3ccccc3)c2=O)s1. The molecule has 0 unspecified atom stereocenters. The van der Waals surface area contributed by atoms with Crippen LogP contribution in [0.25, 0.3) is 5.69 Å². The highest BCUT2D eigenvalue weighted by Gasteiger charge is 2.18. The molecule has 0 aliphatic heterocycles. The highest BCUT2D eigenvalue weighted by Crippen LogP contribution is 2.29. The van der Waals surface area contributed by atoms with Gasteiger partial charge in [-0.3, -0.25) is 15.2 Å². The summed E-state index contributed by atoms with van der Waals surface area (Å²) in [5.74, 6) is 0.922. The number of anilines is 1. The highest BCUT2D eigenvalue weighted by atomic mass is 32.2. The molecular formula is C15H15N7O3S2. The first-order valence-corrected chi connectivity index (χ1v) is 9.56. The summed E-state index contributed by atoms with van der Waals surface area (Å²) in [6.45, 7) is 2.00. The van der Waals surface area contributed by atoms with Crippen molar-refractivity contribution in [2.45, 2.75) is 11.3 Å². The van der Waals surface area contributed by atoms with Crippen LogP contribution in [0.4, 0.5) is 21.4 Å². The first kappa shape index (κ1) is 18.8. The lowest BCUT2D eigenvalue weighted by Crippen LogP contribution is -2.13. The van der Waals surface area contributed by atoms with E-state index in [2.05, 4.69) is 35.6 Å². The van der Waals surface area contributed by atoms with Gasteiger partial charge >= 0.3 is 11.7 Å². The molecule has 3 aromatic rings. The van der Waals surface area contributed by atoms with Gasteiger partial charge < -0.3 is 4.74 Å². The van der Waals surface area contributed by atoms with E-state index in [9.17, 15) is 9.59 Å². The van der Waals surface area contributed by atoms with Crippen LogP contribution in [-0.4, -0.2) is 38.9 Å². The molecule has 3 rings (SSSR count). The molecule has 1 amide bonds. The molecule has 0 spiro atoms. The van der Waals surface area contributed by atoms with Gasteiger partial charge in [-0.1, -0.05) is 48.2 Å². The summed E-state index contributed by atoms with van der Waals surface area (Å²) in [5.41, 5.74) is 0.0163. The van der Waals surface area contributed by atoms with Crippen LogP contribution in [0.1, 0.15) is 6.92 Å². The third-order valence-electron chi connectivity index (χ3n) is 3.19. The van der Waals surface area contributed by atoms with Crippen LogP contribution in [0.5, 0.6) is 0 Å². The predicted octanol–water partition coefficient (Wildman–Crippen LogP) is 3.72. The summed E-state index contributed by atoms with van der Waals surface area (Å²) in [6, 6.07) is 8.86. The number of benzene rings is 1. The minimum Gasteiger partial charge on any atom is -0.453 e. The van der Waals surface area contributed by atoms with E-state index in [0.29, 0.717) is 10.8 Å². The number of carbonyl (C=O) groups is 1. The van der Waals surface area contributed by atoms with Crippen LogP contribution in [0.15, 0.2) is 49.7 Å². The van der Waals surface area contributed by atoms with Crippen molar-refractivity contribution >= 4 is 45.8 Å². The Hall–Kier alpha value is -2.99. The number of aromatic amines is 1. The number of H-pyrrole nitrogens is 1. The normalized spacial score (nSPS) is 11.0. The van der Waals surface area contributed by atoms with Crippen molar-refractivity contribution in [1.29, 1.82) is 0 Å². The second-order valence-electron chi connectivity index (χ2n) is 4.91. The summed E-state index contributed by atoms with van der Waals surface area (Å²) in [4.78, 5) is 24.3. The lowest BCUT2D eigenvalue weighted by Gasteiger charge is -2.02. The Labute approximate surface area is 161 Å². The fraction of sp³-hybridized carbons (Fsp3) is 0.200. The second-order valence-corrected chi connectivity index (χ2v) is 7.38. The van der Waals surface area contributed by atoms with Gasteiger partial charge in [0, 0.05) is 0 Å². The summed E-state index contributed by atoms with van der Waals surface area (Å²) >= 11 is 2.79. The number of amides is 1. The van der Waals surface area contributed by atoms with Crippen molar-refractivity contribution in [3.8, 4) is 5.69 Å². The van der Waals surface area contributed by atoms with Crippen molar-refractivity contribution in [2.24, 2.45) is 10.2 Å². The summed E-state index contributed by atoms with van der Waals surface area (Å²) in [6.07, 6.45) is -0.745. The average Bonchev–Trinajstić information content (AvgIpc) is 3.25. The molecule has 2 heterocycles. The number of nitrogens with one attached hydrogen (secondary N) is 2. The number of carbonyl (C=O) groups excluding carboxylic acids is 1. The first-order chi connectivity index (χ1) is 13.1. The van der Waals surface area contributed by atoms with Crippen molar-refractivity contribution in [3.05, 3.63) is 40.7 Å². The van der Waals surface area contributed by atoms with Crippen LogP contribution >= 0.6 is 23.1 Å². The Balaban J connectivity index is 1.98. The van der Waals surface area contributed by atoms with Gasteiger partial charge in [-0.2, -0.15) is 0 Å². The molecule has 0 atom stereocenters. The van der Waals surface area contributed by atoms with Crippen molar-refractivity contribution in [2.75, 3.05) is 18.2 Å². The Morgan fingerprint density at radius 2 is 2.11 bits per heavy atom. The summed E-state index contributed by atoms with van der Waals surface area (Å²) < 4.78 is 6.59. The van der Waals surface area contributed by atoms with Crippen molar-refractivity contribution < 1.29 is 9.53 Å². The average molecular weight is 405 g/mol. The quantitative estimate of drug-likeness (QED) is 0.475. The first-order valence-electron chi connectivity index (χ1n) is 7.75. The number of hydrogen-bond donors (Lipinski definition) is 2.